The fourth-order valence-corrected chi connectivity index (χ4v) is 1.79. The molecule has 18 heavy (non-hydrogen) atoms. The van der Waals surface area contributed by atoms with Crippen molar-refractivity contribution in [2.75, 3.05) is 0 Å². The molecular formula is C15H17NO2. The van der Waals surface area contributed by atoms with Gasteiger partial charge in [-0.05, 0) is 31.5 Å². The number of carbonyl (C=O) groups excluding carboxylic acids is 1. The van der Waals surface area contributed by atoms with Crippen molar-refractivity contribution in [1.29, 1.82) is 0 Å². The van der Waals surface area contributed by atoms with E-state index in [1.165, 1.54) is 5.56 Å². The second-order valence-electron chi connectivity index (χ2n) is 4.47. The first-order valence-electron chi connectivity index (χ1n) is 6.03. The Labute approximate surface area is 107 Å². The minimum Gasteiger partial charge on any atom is -0.467 e. The lowest BCUT2D eigenvalue weighted by Crippen LogP contribution is -2.27. The SMILES string of the molecule is Cc1ccc(CC(=O)N[C@@H](C)c2ccco2)cc1. The van der Waals surface area contributed by atoms with E-state index in [9.17, 15) is 4.79 Å². The molecule has 0 aliphatic rings. The van der Waals surface area contributed by atoms with Crippen LogP contribution in [0.3, 0.4) is 0 Å². The predicted molar refractivity (Wildman–Crippen MR) is 70.1 cm³/mol. The highest BCUT2D eigenvalue weighted by molar-refractivity contribution is 5.78. The molecule has 0 spiro atoms. The first-order chi connectivity index (χ1) is 8.65. The van der Waals surface area contributed by atoms with Crippen LogP contribution in [0.15, 0.2) is 47.1 Å². The second-order valence-corrected chi connectivity index (χ2v) is 4.47. The average Bonchev–Trinajstić information content (AvgIpc) is 2.85. The zero-order chi connectivity index (χ0) is 13.0. The Kier molecular flexibility index (Phi) is 3.82. The van der Waals surface area contributed by atoms with Crippen LogP contribution in [-0.4, -0.2) is 5.91 Å². The molecular weight excluding hydrogens is 226 g/mol. The standard InChI is InChI=1S/C15H17NO2/c1-11-5-7-13(8-6-11)10-15(17)16-12(2)14-4-3-9-18-14/h3-9,12H,10H2,1-2H3,(H,16,17)/t12-/m0/s1. The number of benzene rings is 1. The van der Waals surface area contributed by atoms with E-state index >= 15 is 0 Å². The minimum atomic E-state index is -0.0991. The van der Waals surface area contributed by atoms with Crippen molar-refractivity contribution in [3.63, 3.8) is 0 Å². The van der Waals surface area contributed by atoms with Crippen LogP contribution in [0.2, 0.25) is 0 Å². The van der Waals surface area contributed by atoms with E-state index in [0.29, 0.717) is 6.42 Å². The van der Waals surface area contributed by atoms with Gasteiger partial charge in [0.25, 0.3) is 0 Å². The highest BCUT2D eigenvalue weighted by Gasteiger charge is 2.11. The highest BCUT2D eigenvalue weighted by Crippen LogP contribution is 2.12. The predicted octanol–water partition coefficient (Wildman–Crippen LogP) is 3.01. The van der Waals surface area contributed by atoms with E-state index in [4.69, 9.17) is 4.42 Å². The molecule has 2 aromatic rings. The maximum Gasteiger partial charge on any atom is 0.224 e. The quantitative estimate of drug-likeness (QED) is 0.897. The van der Waals surface area contributed by atoms with Crippen LogP contribution in [-0.2, 0) is 11.2 Å². The summed E-state index contributed by atoms with van der Waals surface area (Å²) < 4.78 is 5.25. The summed E-state index contributed by atoms with van der Waals surface area (Å²) in [4.78, 5) is 11.9. The van der Waals surface area contributed by atoms with Gasteiger partial charge in [0.15, 0.2) is 0 Å². The van der Waals surface area contributed by atoms with Crippen molar-refractivity contribution in [3.8, 4) is 0 Å². The molecule has 0 aliphatic heterocycles. The van der Waals surface area contributed by atoms with Gasteiger partial charge in [0.2, 0.25) is 5.91 Å². The molecule has 0 unspecified atom stereocenters. The smallest absolute Gasteiger partial charge is 0.224 e. The van der Waals surface area contributed by atoms with Crippen molar-refractivity contribution in [2.45, 2.75) is 26.3 Å². The number of rotatable bonds is 4. The summed E-state index contributed by atoms with van der Waals surface area (Å²) in [7, 11) is 0. The number of furan rings is 1. The fourth-order valence-electron chi connectivity index (χ4n) is 1.79. The first-order valence-corrected chi connectivity index (χ1v) is 6.03. The van der Waals surface area contributed by atoms with Crippen molar-refractivity contribution in [3.05, 3.63) is 59.5 Å². The summed E-state index contributed by atoms with van der Waals surface area (Å²) in [6.07, 6.45) is 2.00. The monoisotopic (exact) mass is 243 g/mol. The number of nitrogens with one attached hydrogen (secondary N) is 1. The molecule has 94 valence electrons. The summed E-state index contributed by atoms with van der Waals surface area (Å²) in [5, 5.41) is 2.91. The van der Waals surface area contributed by atoms with Crippen LogP contribution < -0.4 is 5.32 Å². The van der Waals surface area contributed by atoms with E-state index in [0.717, 1.165) is 11.3 Å². The summed E-state index contributed by atoms with van der Waals surface area (Å²) >= 11 is 0. The maximum absolute atomic E-state index is 11.9. The van der Waals surface area contributed by atoms with Gasteiger partial charge in [0.05, 0.1) is 18.7 Å². The third-order valence-electron chi connectivity index (χ3n) is 2.83. The Bertz CT molecular complexity index is 500. The first kappa shape index (κ1) is 12.4. The van der Waals surface area contributed by atoms with Gasteiger partial charge in [-0.2, -0.15) is 0 Å². The zero-order valence-corrected chi connectivity index (χ0v) is 10.6. The van der Waals surface area contributed by atoms with Gasteiger partial charge < -0.3 is 9.73 Å². The average molecular weight is 243 g/mol. The number of amides is 1. The molecule has 0 saturated heterocycles. The Morgan fingerprint density at radius 2 is 2.00 bits per heavy atom. The molecule has 1 N–H and O–H groups in total. The lowest BCUT2D eigenvalue weighted by Gasteiger charge is -2.11. The maximum atomic E-state index is 11.9. The van der Waals surface area contributed by atoms with E-state index in [1.54, 1.807) is 6.26 Å². The van der Waals surface area contributed by atoms with Crippen molar-refractivity contribution in [1.82, 2.24) is 5.32 Å². The molecule has 1 atom stereocenters. The Hall–Kier alpha value is -2.03. The van der Waals surface area contributed by atoms with Crippen LogP contribution in [0.4, 0.5) is 0 Å². The zero-order valence-electron chi connectivity index (χ0n) is 10.6. The van der Waals surface area contributed by atoms with Crippen LogP contribution in [0, 0.1) is 6.92 Å². The van der Waals surface area contributed by atoms with Gasteiger partial charge in [0, 0.05) is 0 Å². The molecule has 1 amide bonds. The Balaban J connectivity index is 1.91. The van der Waals surface area contributed by atoms with Crippen LogP contribution >= 0.6 is 0 Å². The molecule has 0 radical (unpaired) electrons. The summed E-state index contributed by atoms with van der Waals surface area (Å²) in [6.45, 7) is 3.94. The van der Waals surface area contributed by atoms with Crippen LogP contribution in [0.25, 0.3) is 0 Å². The topological polar surface area (TPSA) is 42.2 Å². The molecule has 3 heteroatoms. The van der Waals surface area contributed by atoms with Crippen LogP contribution in [0.1, 0.15) is 29.9 Å². The summed E-state index contributed by atoms with van der Waals surface area (Å²) in [5.74, 6) is 0.773. The number of aryl methyl sites for hydroxylation is 1. The number of hydrogen-bond acceptors (Lipinski definition) is 2. The van der Waals surface area contributed by atoms with Gasteiger partial charge in [-0.25, -0.2) is 0 Å². The lowest BCUT2D eigenvalue weighted by molar-refractivity contribution is -0.121. The van der Waals surface area contributed by atoms with E-state index in [2.05, 4.69) is 5.32 Å². The van der Waals surface area contributed by atoms with Gasteiger partial charge in [-0.1, -0.05) is 29.8 Å². The van der Waals surface area contributed by atoms with E-state index < -0.39 is 0 Å². The number of carbonyl (C=O) groups is 1. The molecule has 0 saturated carbocycles. The van der Waals surface area contributed by atoms with Gasteiger partial charge in [-0.15, -0.1) is 0 Å². The lowest BCUT2D eigenvalue weighted by atomic mass is 10.1. The van der Waals surface area contributed by atoms with Gasteiger partial charge in [-0.3, -0.25) is 4.79 Å². The van der Waals surface area contributed by atoms with E-state index in [-0.39, 0.29) is 11.9 Å². The fraction of sp³-hybridized carbons (Fsp3) is 0.267. The van der Waals surface area contributed by atoms with Crippen molar-refractivity contribution < 1.29 is 9.21 Å². The summed E-state index contributed by atoms with van der Waals surface area (Å²) in [6, 6.07) is 11.6. The minimum absolute atomic E-state index is 0.00255. The molecule has 3 nitrogen and oxygen atoms in total. The van der Waals surface area contributed by atoms with Crippen molar-refractivity contribution >= 4 is 5.91 Å². The molecule has 1 aromatic carbocycles. The van der Waals surface area contributed by atoms with Gasteiger partial charge in [0.1, 0.15) is 5.76 Å². The van der Waals surface area contributed by atoms with E-state index in [1.807, 2.05) is 50.2 Å². The molecule has 2 rings (SSSR count). The van der Waals surface area contributed by atoms with Crippen LogP contribution in [0.5, 0.6) is 0 Å². The Morgan fingerprint density at radius 1 is 1.28 bits per heavy atom. The Morgan fingerprint density at radius 3 is 2.61 bits per heavy atom. The highest BCUT2D eigenvalue weighted by atomic mass is 16.3. The molecule has 0 fully saturated rings. The van der Waals surface area contributed by atoms with Crippen molar-refractivity contribution in [2.24, 2.45) is 0 Å². The molecule has 0 aliphatic carbocycles. The molecule has 1 heterocycles. The third-order valence-corrected chi connectivity index (χ3v) is 2.83. The number of hydrogen-bond donors (Lipinski definition) is 1. The molecule has 1 aromatic heterocycles. The normalized spacial score (nSPS) is 12.1. The second kappa shape index (κ2) is 5.54. The third kappa shape index (κ3) is 3.23. The largest absolute Gasteiger partial charge is 0.467 e. The summed E-state index contributed by atoms with van der Waals surface area (Å²) in [5.41, 5.74) is 2.22. The molecule has 0 bridgehead atoms. The van der Waals surface area contributed by atoms with Gasteiger partial charge >= 0.3 is 0 Å².